The summed E-state index contributed by atoms with van der Waals surface area (Å²) in [5.74, 6) is -0.578. The number of carbonyl (C=O) groups is 2. The summed E-state index contributed by atoms with van der Waals surface area (Å²) in [6, 6.07) is 7.61. The molecule has 0 saturated heterocycles. The molecule has 0 aliphatic heterocycles. The molecular weight excluding hydrogens is 370 g/mol. The second-order valence-electron chi connectivity index (χ2n) is 6.36. The Bertz CT molecular complexity index is 934. The SMILES string of the molecule is Cc1ccc(S(=O)(=O)NC2CC2)cc1C(=O)NCCNC(=O)c1ccco1. The summed E-state index contributed by atoms with van der Waals surface area (Å²) < 4.78 is 32.2. The maximum Gasteiger partial charge on any atom is 0.287 e. The van der Waals surface area contributed by atoms with Gasteiger partial charge < -0.3 is 15.1 Å². The van der Waals surface area contributed by atoms with Gasteiger partial charge in [0.2, 0.25) is 10.0 Å². The number of benzene rings is 1. The molecule has 0 spiro atoms. The largest absolute Gasteiger partial charge is 0.459 e. The second-order valence-corrected chi connectivity index (χ2v) is 8.08. The molecule has 1 aromatic heterocycles. The summed E-state index contributed by atoms with van der Waals surface area (Å²) in [5, 5.41) is 5.29. The Morgan fingerprint density at radius 3 is 2.44 bits per heavy atom. The number of rotatable bonds is 8. The molecule has 1 aromatic carbocycles. The zero-order valence-corrected chi connectivity index (χ0v) is 15.6. The van der Waals surface area contributed by atoms with Gasteiger partial charge in [0.1, 0.15) is 0 Å². The number of amides is 2. The third kappa shape index (κ3) is 4.95. The highest BCUT2D eigenvalue weighted by Gasteiger charge is 2.28. The van der Waals surface area contributed by atoms with Gasteiger partial charge in [0.25, 0.3) is 11.8 Å². The molecule has 2 aromatic rings. The van der Waals surface area contributed by atoms with Gasteiger partial charge >= 0.3 is 0 Å². The first-order chi connectivity index (χ1) is 12.9. The van der Waals surface area contributed by atoms with E-state index in [2.05, 4.69) is 15.4 Å². The number of carbonyl (C=O) groups excluding carboxylic acids is 2. The van der Waals surface area contributed by atoms with Crippen LogP contribution in [0.1, 0.15) is 39.3 Å². The lowest BCUT2D eigenvalue weighted by Gasteiger charge is -2.11. The monoisotopic (exact) mass is 391 g/mol. The summed E-state index contributed by atoms with van der Waals surface area (Å²) in [7, 11) is -3.63. The van der Waals surface area contributed by atoms with E-state index >= 15 is 0 Å². The van der Waals surface area contributed by atoms with Crippen molar-refractivity contribution >= 4 is 21.8 Å². The lowest BCUT2D eigenvalue weighted by atomic mass is 10.1. The minimum atomic E-state index is -3.63. The Balaban J connectivity index is 1.57. The molecule has 0 bridgehead atoms. The topological polar surface area (TPSA) is 118 Å². The molecule has 1 aliphatic carbocycles. The van der Waals surface area contributed by atoms with E-state index in [4.69, 9.17) is 4.42 Å². The first-order valence-electron chi connectivity index (χ1n) is 8.60. The lowest BCUT2D eigenvalue weighted by Crippen LogP contribution is -2.35. The molecule has 0 atom stereocenters. The molecule has 2 amide bonds. The Morgan fingerprint density at radius 1 is 1.11 bits per heavy atom. The van der Waals surface area contributed by atoms with Gasteiger partial charge in [-0.3, -0.25) is 9.59 Å². The van der Waals surface area contributed by atoms with Gasteiger partial charge in [-0.2, -0.15) is 0 Å². The maximum absolute atomic E-state index is 12.4. The van der Waals surface area contributed by atoms with Crippen LogP contribution in [0.2, 0.25) is 0 Å². The van der Waals surface area contributed by atoms with E-state index in [1.54, 1.807) is 25.1 Å². The van der Waals surface area contributed by atoms with E-state index in [1.807, 2.05) is 0 Å². The van der Waals surface area contributed by atoms with E-state index < -0.39 is 15.9 Å². The van der Waals surface area contributed by atoms with Crippen LogP contribution in [0.5, 0.6) is 0 Å². The van der Waals surface area contributed by atoms with Gasteiger partial charge in [-0.1, -0.05) is 6.07 Å². The highest BCUT2D eigenvalue weighted by molar-refractivity contribution is 7.89. The van der Waals surface area contributed by atoms with E-state index in [-0.39, 0.29) is 41.3 Å². The van der Waals surface area contributed by atoms with Crippen molar-refractivity contribution in [2.75, 3.05) is 13.1 Å². The highest BCUT2D eigenvalue weighted by atomic mass is 32.2. The molecule has 0 radical (unpaired) electrons. The average molecular weight is 391 g/mol. The molecule has 3 N–H and O–H groups in total. The van der Waals surface area contributed by atoms with Crippen molar-refractivity contribution in [3.63, 3.8) is 0 Å². The molecule has 27 heavy (non-hydrogen) atoms. The molecule has 1 saturated carbocycles. The van der Waals surface area contributed by atoms with Crippen LogP contribution in [0.15, 0.2) is 45.9 Å². The van der Waals surface area contributed by atoms with Crippen molar-refractivity contribution in [2.24, 2.45) is 0 Å². The van der Waals surface area contributed by atoms with Crippen LogP contribution in [0.25, 0.3) is 0 Å². The van der Waals surface area contributed by atoms with Crippen molar-refractivity contribution in [1.82, 2.24) is 15.4 Å². The number of furan rings is 1. The van der Waals surface area contributed by atoms with Crippen LogP contribution in [0.3, 0.4) is 0 Å². The summed E-state index contributed by atoms with van der Waals surface area (Å²) >= 11 is 0. The first-order valence-corrected chi connectivity index (χ1v) is 10.1. The first kappa shape index (κ1) is 19.1. The summed E-state index contributed by atoms with van der Waals surface area (Å²) in [5.41, 5.74) is 0.948. The van der Waals surface area contributed by atoms with E-state index in [9.17, 15) is 18.0 Å². The zero-order valence-electron chi connectivity index (χ0n) is 14.8. The molecule has 0 unspecified atom stereocenters. The Morgan fingerprint density at radius 2 is 1.81 bits per heavy atom. The minimum absolute atomic E-state index is 0.00801. The average Bonchev–Trinajstić information content (AvgIpc) is 3.25. The van der Waals surface area contributed by atoms with Gasteiger partial charge in [0.05, 0.1) is 11.2 Å². The van der Waals surface area contributed by atoms with Crippen molar-refractivity contribution in [1.29, 1.82) is 0 Å². The molecule has 1 aliphatic rings. The van der Waals surface area contributed by atoms with Crippen LogP contribution in [-0.4, -0.2) is 39.4 Å². The smallest absolute Gasteiger partial charge is 0.287 e. The van der Waals surface area contributed by atoms with Gasteiger partial charge in [0, 0.05) is 24.7 Å². The van der Waals surface area contributed by atoms with E-state index in [0.717, 1.165) is 12.8 Å². The molecule has 1 fully saturated rings. The van der Waals surface area contributed by atoms with Crippen molar-refractivity contribution in [3.05, 3.63) is 53.5 Å². The third-order valence-corrected chi connectivity index (χ3v) is 5.62. The molecule has 144 valence electrons. The van der Waals surface area contributed by atoms with E-state index in [0.29, 0.717) is 5.56 Å². The maximum atomic E-state index is 12.4. The summed E-state index contributed by atoms with van der Waals surface area (Å²) in [6.07, 6.45) is 3.07. The fourth-order valence-corrected chi connectivity index (χ4v) is 3.77. The fourth-order valence-electron chi connectivity index (χ4n) is 2.44. The number of hydrogen-bond donors (Lipinski definition) is 3. The van der Waals surface area contributed by atoms with Crippen molar-refractivity contribution < 1.29 is 22.4 Å². The second kappa shape index (κ2) is 7.93. The standard InChI is InChI=1S/C18H21N3O5S/c1-12-4-7-14(27(24,25)21-13-5-6-13)11-15(12)17(22)19-8-9-20-18(23)16-3-2-10-26-16/h2-4,7,10-11,13,21H,5-6,8-9H2,1H3,(H,19,22)(H,20,23). The number of hydrogen-bond acceptors (Lipinski definition) is 5. The Kier molecular flexibility index (Phi) is 5.62. The van der Waals surface area contributed by atoms with Crippen LogP contribution >= 0.6 is 0 Å². The normalized spacial score (nSPS) is 14.0. The highest BCUT2D eigenvalue weighted by Crippen LogP contribution is 2.23. The number of aryl methyl sites for hydroxylation is 1. The van der Waals surface area contributed by atoms with Crippen LogP contribution in [-0.2, 0) is 10.0 Å². The van der Waals surface area contributed by atoms with Crippen LogP contribution < -0.4 is 15.4 Å². The third-order valence-electron chi connectivity index (χ3n) is 4.10. The summed E-state index contributed by atoms with van der Waals surface area (Å²) in [4.78, 5) is 24.2. The van der Waals surface area contributed by atoms with Gasteiger partial charge in [-0.15, -0.1) is 0 Å². The fraction of sp³-hybridized carbons (Fsp3) is 0.333. The minimum Gasteiger partial charge on any atom is -0.459 e. The van der Waals surface area contributed by atoms with Gasteiger partial charge in [0.15, 0.2) is 5.76 Å². The van der Waals surface area contributed by atoms with Crippen molar-refractivity contribution in [2.45, 2.75) is 30.7 Å². The zero-order chi connectivity index (χ0) is 19.4. The lowest BCUT2D eigenvalue weighted by molar-refractivity contribution is 0.0910. The predicted molar refractivity (Wildman–Crippen MR) is 97.9 cm³/mol. The molecule has 1 heterocycles. The Hall–Kier alpha value is -2.65. The number of nitrogens with one attached hydrogen (secondary N) is 3. The quantitative estimate of drug-likeness (QED) is 0.584. The Labute approximate surface area is 157 Å². The van der Waals surface area contributed by atoms with Gasteiger partial charge in [-0.05, 0) is 49.6 Å². The van der Waals surface area contributed by atoms with Crippen LogP contribution in [0, 0.1) is 6.92 Å². The molecular formula is C18H21N3O5S. The summed E-state index contributed by atoms with van der Waals surface area (Å²) in [6.45, 7) is 2.14. The molecule has 8 nitrogen and oxygen atoms in total. The van der Waals surface area contributed by atoms with Crippen LogP contribution in [0.4, 0.5) is 0 Å². The van der Waals surface area contributed by atoms with Crippen molar-refractivity contribution in [3.8, 4) is 0 Å². The molecule has 9 heteroatoms. The van der Waals surface area contributed by atoms with Gasteiger partial charge in [-0.25, -0.2) is 13.1 Å². The predicted octanol–water partition coefficient (Wildman–Crippen LogP) is 1.19. The van der Waals surface area contributed by atoms with E-state index in [1.165, 1.54) is 18.4 Å². The molecule has 3 rings (SSSR count). The number of sulfonamides is 1.